The van der Waals surface area contributed by atoms with Crippen molar-refractivity contribution in [3.63, 3.8) is 0 Å². The van der Waals surface area contributed by atoms with Gasteiger partial charge in [-0.1, -0.05) is 0 Å². The molecule has 0 aliphatic carbocycles. The second-order valence-corrected chi connectivity index (χ2v) is 11.8. The first-order valence-electron chi connectivity index (χ1n) is 10.8. The topological polar surface area (TPSA) is 30.5 Å². The van der Waals surface area contributed by atoms with Crippen molar-refractivity contribution >= 4 is 0 Å². The molecule has 0 spiro atoms. The first kappa shape index (κ1) is 27.6. The van der Waals surface area contributed by atoms with E-state index in [-0.39, 0.29) is 43.4 Å². The molecular formula is C23H49INO2-. The summed E-state index contributed by atoms with van der Waals surface area (Å²) in [5, 5.41) is 3.51. The summed E-state index contributed by atoms with van der Waals surface area (Å²) in [5.41, 5.74) is 0.140. The maximum absolute atomic E-state index is 6.74. The number of nitrogens with one attached hydrogen (secondary N) is 1. The van der Waals surface area contributed by atoms with Crippen LogP contribution in [-0.4, -0.2) is 46.4 Å². The maximum atomic E-state index is 6.74. The van der Waals surface area contributed by atoms with Crippen LogP contribution in [0.3, 0.4) is 0 Å². The van der Waals surface area contributed by atoms with Crippen LogP contribution < -0.4 is 26.5 Å². The first-order valence-corrected chi connectivity index (χ1v) is 14.5. The third-order valence-electron chi connectivity index (χ3n) is 7.42. The van der Waals surface area contributed by atoms with Gasteiger partial charge in [0, 0.05) is 0 Å². The van der Waals surface area contributed by atoms with E-state index in [1.165, 1.54) is 4.43 Å². The molecule has 0 saturated carbocycles. The van der Waals surface area contributed by atoms with Gasteiger partial charge in [-0.3, -0.25) is 0 Å². The average molecular weight is 499 g/mol. The van der Waals surface area contributed by atoms with Crippen LogP contribution in [0.25, 0.3) is 0 Å². The molecule has 166 valence electrons. The summed E-state index contributed by atoms with van der Waals surface area (Å²) in [6.07, 6.45) is 4.26. The van der Waals surface area contributed by atoms with Gasteiger partial charge in [-0.05, 0) is 0 Å². The monoisotopic (exact) mass is 498 g/mol. The summed E-state index contributed by atoms with van der Waals surface area (Å²) in [7, 11) is 2.07. The van der Waals surface area contributed by atoms with Crippen LogP contribution in [0, 0.1) is 11.3 Å². The van der Waals surface area contributed by atoms with Crippen molar-refractivity contribution in [2.75, 3.05) is 29.6 Å². The normalized spacial score (nSPS) is 20.7. The van der Waals surface area contributed by atoms with E-state index < -0.39 is 0 Å². The standard InChI is InChI=1S/C23H49INO2/c1-12-20(5,6)26-16-15-21(7,18-24-10)23(9,14-3)27-17-19(4)22(8,13-2)25-11/h19,25H,12-18H2,1-11H3/q-1. The number of ether oxygens (including phenoxy) is 2. The van der Waals surface area contributed by atoms with Gasteiger partial charge in [0.15, 0.2) is 0 Å². The summed E-state index contributed by atoms with van der Waals surface area (Å²) in [6.45, 7) is 22.1. The van der Waals surface area contributed by atoms with E-state index in [1.807, 2.05) is 0 Å². The summed E-state index contributed by atoms with van der Waals surface area (Å²) in [4.78, 5) is 2.39. The Balaban J connectivity index is 5.22. The molecule has 4 heteroatoms. The van der Waals surface area contributed by atoms with Gasteiger partial charge < -0.3 is 0 Å². The summed E-state index contributed by atoms with van der Waals surface area (Å²) < 4.78 is 14.2. The first-order chi connectivity index (χ1) is 12.4. The number of halogens is 1. The SMILES string of the molecule is CCC(C)(C)OCCC(C)(C[I-]C)C(C)(CC)OCC(C)C(C)(CC)NC. The molecule has 0 radical (unpaired) electrons. The molecule has 3 nitrogen and oxygen atoms in total. The molecule has 0 heterocycles. The molecule has 0 bridgehead atoms. The molecule has 0 amide bonds. The van der Waals surface area contributed by atoms with Crippen LogP contribution in [-0.2, 0) is 9.47 Å². The van der Waals surface area contributed by atoms with Gasteiger partial charge >= 0.3 is 182 Å². The fraction of sp³-hybridized carbons (Fsp3) is 1.00. The van der Waals surface area contributed by atoms with Crippen molar-refractivity contribution in [3.05, 3.63) is 0 Å². The van der Waals surface area contributed by atoms with E-state index in [9.17, 15) is 0 Å². The zero-order chi connectivity index (χ0) is 21.4. The zero-order valence-electron chi connectivity index (χ0n) is 20.2. The number of rotatable bonds is 15. The predicted molar refractivity (Wildman–Crippen MR) is 115 cm³/mol. The van der Waals surface area contributed by atoms with Crippen molar-refractivity contribution in [1.29, 1.82) is 0 Å². The van der Waals surface area contributed by atoms with Crippen LogP contribution in [0.5, 0.6) is 0 Å². The Hall–Kier alpha value is 0.610. The van der Waals surface area contributed by atoms with Crippen molar-refractivity contribution < 1.29 is 30.7 Å². The van der Waals surface area contributed by atoms with Gasteiger partial charge in [-0.15, -0.1) is 0 Å². The zero-order valence-corrected chi connectivity index (χ0v) is 22.4. The molecule has 0 aromatic heterocycles. The van der Waals surface area contributed by atoms with E-state index in [2.05, 4.69) is 79.6 Å². The van der Waals surface area contributed by atoms with Crippen LogP contribution >= 0.6 is 0 Å². The molecule has 27 heavy (non-hydrogen) atoms. The number of hydrogen-bond donors (Lipinski definition) is 1. The minimum absolute atomic E-state index is 0.0318. The van der Waals surface area contributed by atoms with Crippen molar-refractivity contribution in [2.45, 2.75) is 105 Å². The quantitative estimate of drug-likeness (QED) is 0.278. The number of hydrogen-bond acceptors (Lipinski definition) is 3. The van der Waals surface area contributed by atoms with E-state index in [0.717, 1.165) is 38.9 Å². The van der Waals surface area contributed by atoms with E-state index in [0.29, 0.717) is 5.92 Å². The molecule has 0 aliphatic rings. The van der Waals surface area contributed by atoms with Crippen molar-refractivity contribution in [2.24, 2.45) is 11.3 Å². The molecule has 1 N–H and O–H groups in total. The predicted octanol–water partition coefficient (Wildman–Crippen LogP) is 2.52. The Bertz CT molecular complexity index is 411. The second-order valence-electron chi connectivity index (χ2n) is 9.49. The number of alkyl halides is 2. The van der Waals surface area contributed by atoms with Gasteiger partial charge in [0.1, 0.15) is 0 Å². The molecule has 0 aromatic rings. The fourth-order valence-corrected chi connectivity index (χ4v) is 6.26. The molecule has 0 aromatic carbocycles. The van der Waals surface area contributed by atoms with Gasteiger partial charge in [-0.25, -0.2) is 0 Å². The van der Waals surface area contributed by atoms with Gasteiger partial charge in [0.25, 0.3) is 0 Å². The second kappa shape index (κ2) is 11.7. The average Bonchev–Trinajstić information content (AvgIpc) is 2.64. The van der Waals surface area contributed by atoms with E-state index in [1.54, 1.807) is 0 Å². The molecule has 0 fully saturated rings. The van der Waals surface area contributed by atoms with E-state index >= 15 is 0 Å². The van der Waals surface area contributed by atoms with Crippen molar-refractivity contribution in [1.82, 2.24) is 5.32 Å². The third kappa shape index (κ3) is 7.75. The molecule has 0 rings (SSSR count). The Morgan fingerprint density at radius 3 is 1.93 bits per heavy atom. The Morgan fingerprint density at radius 1 is 0.926 bits per heavy atom. The molecule has 4 unspecified atom stereocenters. The third-order valence-corrected chi connectivity index (χ3v) is 9.87. The van der Waals surface area contributed by atoms with Crippen LogP contribution in [0.15, 0.2) is 0 Å². The van der Waals surface area contributed by atoms with E-state index in [4.69, 9.17) is 9.47 Å². The fourth-order valence-electron chi connectivity index (χ4n) is 3.39. The van der Waals surface area contributed by atoms with Crippen LogP contribution in [0.4, 0.5) is 0 Å². The molecule has 0 aliphatic heterocycles. The van der Waals surface area contributed by atoms with Crippen molar-refractivity contribution in [3.8, 4) is 0 Å². The molecule has 4 atom stereocenters. The van der Waals surface area contributed by atoms with Crippen LogP contribution in [0.2, 0.25) is 0 Å². The Labute approximate surface area is 181 Å². The molecular weight excluding hydrogens is 449 g/mol. The minimum atomic E-state index is -0.112. The summed E-state index contributed by atoms with van der Waals surface area (Å²) in [6, 6.07) is 0. The Morgan fingerprint density at radius 2 is 1.52 bits per heavy atom. The molecule has 0 saturated heterocycles. The summed E-state index contributed by atoms with van der Waals surface area (Å²) >= 11 is 0.191. The summed E-state index contributed by atoms with van der Waals surface area (Å²) in [5.74, 6) is 0.467. The van der Waals surface area contributed by atoms with Gasteiger partial charge in [0.05, 0.1) is 0 Å². The van der Waals surface area contributed by atoms with Gasteiger partial charge in [0.2, 0.25) is 0 Å². The Kier molecular flexibility index (Phi) is 12.0. The van der Waals surface area contributed by atoms with Crippen LogP contribution in [0.1, 0.15) is 88.0 Å². The van der Waals surface area contributed by atoms with Gasteiger partial charge in [-0.2, -0.15) is 0 Å².